The molecule has 0 saturated heterocycles. The molecule has 0 aliphatic heterocycles. The summed E-state index contributed by atoms with van der Waals surface area (Å²) in [5.74, 6) is -2.25. The zero-order valence-corrected chi connectivity index (χ0v) is 9.24. The SMILES string of the molecule is Nc1cc(F)c(F)cc1C(=O)NCc1ccco1. The number of nitrogen functional groups attached to an aromatic ring is 1. The third-order valence-corrected chi connectivity index (χ3v) is 2.34. The van der Waals surface area contributed by atoms with Crippen LogP contribution < -0.4 is 11.1 Å². The molecule has 3 N–H and O–H groups in total. The van der Waals surface area contributed by atoms with Gasteiger partial charge in [0.05, 0.1) is 18.4 Å². The molecule has 18 heavy (non-hydrogen) atoms. The molecule has 4 nitrogen and oxygen atoms in total. The Balaban J connectivity index is 2.11. The van der Waals surface area contributed by atoms with E-state index in [0.717, 1.165) is 12.1 Å². The van der Waals surface area contributed by atoms with E-state index in [1.165, 1.54) is 6.26 Å². The summed E-state index contributed by atoms with van der Waals surface area (Å²) < 4.78 is 30.8. The first-order valence-corrected chi connectivity index (χ1v) is 5.13. The van der Waals surface area contributed by atoms with Crippen molar-refractivity contribution in [2.45, 2.75) is 6.54 Å². The summed E-state index contributed by atoms with van der Waals surface area (Å²) in [5, 5.41) is 2.49. The maximum atomic E-state index is 13.0. The van der Waals surface area contributed by atoms with Crippen LogP contribution in [0.5, 0.6) is 0 Å². The Hall–Kier alpha value is -2.37. The van der Waals surface area contributed by atoms with Gasteiger partial charge in [0.25, 0.3) is 5.91 Å². The lowest BCUT2D eigenvalue weighted by Gasteiger charge is -2.07. The van der Waals surface area contributed by atoms with Crippen molar-refractivity contribution in [1.82, 2.24) is 5.32 Å². The molecule has 0 radical (unpaired) electrons. The predicted molar refractivity (Wildman–Crippen MR) is 60.6 cm³/mol. The van der Waals surface area contributed by atoms with Crippen molar-refractivity contribution in [2.24, 2.45) is 0 Å². The van der Waals surface area contributed by atoms with Gasteiger partial charge in [0, 0.05) is 11.8 Å². The molecule has 1 aromatic carbocycles. The molecule has 94 valence electrons. The van der Waals surface area contributed by atoms with Crippen LogP contribution >= 0.6 is 0 Å². The molecular formula is C12H10F2N2O2. The van der Waals surface area contributed by atoms with Gasteiger partial charge in [0.2, 0.25) is 0 Å². The Kier molecular flexibility index (Phi) is 3.27. The van der Waals surface area contributed by atoms with Crippen LogP contribution in [0.25, 0.3) is 0 Å². The molecule has 1 amide bonds. The zero-order chi connectivity index (χ0) is 13.1. The predicted octanol–water partition coefficient (Wildman–Crippen LogP) is 2.07. The fourth-order valence-corrected chi connectivity index (χ4v) is 1.43. The number of benzene rings is 1. The fraction of sp³-hybridized carbons (Fsp3) is 0.0833. The quantitative estimate of drug-likeness (QED) is 0.821. The number of carbonyl (C=O) groups is 1. The van der Waals surface area contributed by atoms with E-state index < -0.39 is 17.5 Å². The van der Waals surface area contributed by atoms with E-state index in [0.29, 0.717) is 5.76 Å². The van der Waals surface area contributed by atoms with Gasteiger partial charge in [-0.1, -0.05) is 0 Å². The summed E-state index contributed by atoms with van der Waals surface area (Å²) >= 11 is 0. The van der Waals surface area contributed by atoms with Gasteiger partial charge in [-0.2, -0.15) is 0 Å². The van der Waals surface area contributed by atoms with Gasteiger partial charge in [-0.25, -0.2) is 8.78 Å². The van der Waals surface area contributed by atoms with E-state index in [1.54, 1.807) is 12.1 Å². The number of hydrogen-bond acceptors (Lipinski definition) is 3. The Morgan fingerprint density at radius 3 is 2.72 bits per heavy atom. The number of rotatable bonds is 3. The number of halogens is 2. The van der Waals surface area contributed by atoms with Gasteiger partial charge in [-0.05, 0) is 18.2 Å². The Bertz CT molecular complexity index is 568. The molecule has 2 aromatic rings. The number of hydrogen-bond donors (Lipinski definition) is 2. The second-order valence-electron chi connectivity index (χ2n) is 3.62. The molecule has 0 saturated carbocycles. The van der Waals surface area contributed by atoms with Crippen molar-refractivity contribution in [3.63, 3.8) is 0 Å². The van der Waals surface area contributed by atoms with Crippen molar-refractivity contribution in [3.8, 4) is 0 Å². The minimum atomic E-state index is -1.12. The second kappa shape index (κ2) is 4.87. The van der Waals surface area contributed by atoms with Crippen LogP contribution in [-0.4, -0.2) is 5.91 Å². The number of nitrogens with two attached hydrogens (primary N) is 1. The lowest BCUT2D eigenvalue weighted by molar-refractivity contribution is 0.0948. The molecule has 0 unspecified atom stereocenters. The van der Waals surface area contributed by atoms with E-state index in [1.807, 2.05) is 0 Å². The molecule has 6 heteroatoms. The van der Waals surface area contributed by atoms with Crippen molar-refractivity contribution in [2.75, 3.05) is 5.73 Å². The van der Waals surface area contributed by atoms with Gasteiger partial charge in [0.15, 0.2) is 11.6 Å². The van der Waals surface area contributed by atoms with Crippen LogP contribution in [0.3, 0.4) is 0 Å². The molecular weight excluding hydrogens is 242 g/mol. The van der Waals surface area contributed by atoms with E-state index in [-0.39, 0.29) is 17.8 Å². The Labute approximate surface area is 101 Å². The topological polar surface area (TPSA) is 68.3 Å². The lowest BCUT2D eigenvalue weighted by atomic mass is 10.1. The van der Waals surface area contributed by atoms with Gasteiger partial charge in [-0.15, -0.1) is 0 Å². The third-order valence-electron chi connectivity index (χ3n) is 2.34. The summed E-state index contributed by atoms with van der Waals surface area (Å²) in [6, 6.07) is 4.89. The van der Waals surface area contributed by atoms with Crippen LogP contribution in [0.4, 0.5) is 14.5 Å². The number of amides is 1. The van der Waals surface area contributed by atoms with Gasteiger partial charge >= 0.3 is 0 Å². The van der Waals surface area contributed by atoms with Crippen molar-refractivity contribution in [1.29, 1.82) is 0 Å². The standard InChI is InChI=1S/C12H10F2N2O2/c13-9-4-8(11(15)5-10(9)14)12(17)16-6-7-2-1-3-18-7/h1-5H,6,15H2,(H,16,17). The van der Waals surface area contributed by atoms with E-state index in [4.69, 9.17) is 10.2 Å². The highest BCUT2D eigenvalue weighted by Crippen LogP contribution is 2.17. The number of carbonyl (C=O) groups excluding carboxylic acids is 1. The monoisotopic (exact) mass is 252 g/mol. The first-order chi connectivity index (χ1) is 8.58. The molecule has 0 aliphatic carbocycles. The molecule has 0 fully saturated rings. The number of furan rings is 1. The number of nitrogens with one attached hydrogen (secondary N) is 1. The first-order valence-electron chi connectivity index (χ1n) is 5.13. The Morgan fingerprint density at radius 2 is 2.06 bits per heavy atom. The average molecular weight is 252 g/mol. The molecule has 0 spiro atoms. The van der Waals surface area contributed by atoms with Crippen LogP contribution in [-0.2, 0) is 6.54 Å². The van der Waals surface area contributed by atoms with Crippen LogP contribution in [0.2, 0.25) is 0 Å². The summed E-state index contributed by atoms with van der Waals surface area (Å²) in [6.45, 7) is 0.143. The van der Waals surface area contributed by atoms with Crippen molar-refractivity contribution >= 4 is 11.6 Å². The van der Waals surface area contributed by atoms with E-state index in [9.17, 15) is 13.6 Å². The molecule has 0 bridgehead atoms. The Morgan fingerprint density at radius 1 is 1.33 bits per heavy atom. The molecule has 0 aliphatic rings. The highest BCUT2D eigenvalue weighted by molar-refractivity contribution is 5.99. The smallest absolute Gasteiger partial charge is 0.253 e. The zero-order valence-electron chi connectivity index (χ0n) is 9.24. The average Bonchev–Trinajstić information content (AvgIpc) is 2.84. The minimum Gasteiger partial charge on any atom is -0.467 e. The van der Waals surface area contributed by atoms with Crippen molar-refractivity contribution in [3.05, 3.63) is 53.5 Å². The third kappa shape index (κ3) is 2.48. The summed E-state index contributed by atoms with van der Waals surface area (Å²) in [4.78, 5) is 11.7. The highest BCUT2D eigenvalue weighted by atomic mass is 19.2. The fourth-order valence-electron chi connectivity index (χ4n) is 1.43. The number of anilines is 1. The van der Waals surface area contributed by atoms with E-state index in [2.05, 4.69) is 5.32 Å². The van der Waals surface area contributed by atoms with E-state index >= 15 is 0 Å². The van der Waals surface area contributed by atoms with Crippen LogP contribution in [0, 0.1) is 11.6 Å². The van der Waals surface area contributed by atoms with Crippen molar-refractivity contribution < 1.29 is 18.0 Å². The summed E-state index contributed by atoms with van der Waals surface area (Å²) in [7, 11) is 0. The molecule has 1 heterocycles. The van der Waals surface area contributed by atoms with Gasteiger partial charge in [-0.3, -0.25) is 4.79 Å². The van der Waals surface area contributed by atoms with Crippen LogP contribution in [0.1, 0.15) is 16.1 Å². The van der Waals surface area contributed by atoms with Gasteiger partial charge < -0.3 is 15.5 Å². The largest absolute Gasteiger partial charge is 0.467 e. The lowest BCUT2D eigenvalue weighted by Crippen LogP contribution is -2.24. The first kappa shape index (κ1) is 12.1. The normalized spacial score (nSPS) is 10.3. The second-order valence-corrected chi connectivity index (χ2v) is 3.62. The molecule has 2 rings (SSSR count). The highest BCUT2D eigenvalue weighted by Gasteiger charge is 2.14. The molecule has 1 aromatic heterocycles. The van der Waals surface area contributed by atoms with Gasteiger partial charge in [0.1, 0.15) is 5.76 Å². The maximum Gasteiger partial charge on any atom is 0.253 e. The summed E-state index contributed by atoms with van der Waals surface area (Å²) in [6.07, 6.45) is 1.47. The minimum absolute atomic E-state index is 0.111. The maximum absolute atomic E-state index is 13.0. The molecule has 0 atom stereocenters. The van der Waals surface area contributed by atoms with Crippen LogP contribution in [0.15, 0.2) is 34.9 Å². The summed E-state index contributed by atoms with van der Waals surface area (Å²) in [5.41, 5.74) is 5.22.